The van der Waals surface area contributed by atoms with Gasteiger partial charge in [-0.3, -0.25) is 19.2 Å². The molecule has 0 aliphatic heterocycles. The topological polar surface area (TPSA) is 224 Å². The van der Waals surface area contributed by atoms with Crippen molar-refractivity contribution in [1.29, 1.82) is 0 Å². The Morgan fingerprint density at radius 2 is 0.500 bits per heavy atom. The van der Waals surface area contributed by atoms with Crippen LogP contribution in [0.5, 0.6) is 0 Å². The molecular formula is C10H20Na2O12. The van der Waals surface area contributed by atoms with Gasteiger partial charge in [-0.2, -0.15) is 0 Å². The predicted molar refractivity (Wildman–Crippen MR) is 70.7 cm³/mol. The molecule has 0 fully saturated rings. The number of carbonyl (C=O) groups is 6. The Kier molecular flexibility index (Phi) is 60.5. The quantitative estimate of drug-likeness (QED) is 0.171. The van der Waals surface area contributed by atoms with Gasteiger partial charge in [-0.25, -0.2) is 9.59 Å². The zero-order valence-electron chi connectivity index (χ0n) is 16.1. The van der Waals surface area contributed by atoms with Gasteiger partial charge in [0.05, 0.1) is 0 Å². The van der Waals surface area contributed by atoms with E-state index in [1.807, 2.05) is 0 Å². The zero-order valence-corrected chi connectivity index (χ0v) is 18.1. The summed E-state index contributed by atoms with van der Waals surface area (Å²) >= 11 is 0. The molecule has 0 rings (SSSR count). The van der Waals surface area contributed by atoms with Crippen molar-refractivity contribution in [3.8, 4) is 0 Å². The first kappa shape index (κ1) is 43.4. The first-order valence-corrected chi connectivity index (χ1v) is 4.82. The van der Waals surface area contributed by atoms with Gasteiger partial charge >= 0.3 is 71.1 Å². The molecule has 0 atom stereocenters. The molecular weight excluding hydrogens is 358 g/mol. The molecule has 0 bridgehead atoms. The summed E-state index contributed by atoms with van der Waals surface area (Å²) in [6.07, 6.45) is 0. The van der Waals surface area contributed by atoms with Gasteiger partial charge in [-0.05, 0) is 0 Å². The summed E-state index contributed by atoms with van der Waals surface area (Å²) in [6.45, 7) is 4.33. The van der Waals surface area contributed by atoms with Crippen LogP contribution in [0.1, 0.15) is 30.5 Å². The van der Waals surface area contributed by atoms with E-state index in [-0.39, 0.29) is 62.0 Å². The summed E-state index contributed by atoms with van der Waals surface area (Å²) in [5, 5.41) is 44.4. The van der Waals surface area contributed by atoms with Crippen molar-refractivity contribution in [2.75, 3.05) is 0 Å². The maximum atomic E-state index is 9.10. The molecule has 6 N–H and O–H groups in total. The Labute approximate surface area is 184 Å². The number of hydrogen-bond donors (Lipinski definition) is 6. The summed E-state index contributed by atoms with van der Waals surface area (Å²) in [4.78, 5) is 54.2. The van der Waals surface area contributed by atoms with E-state index < -0.39 is 35.8 Å². The van der Waals surface area contributed by atoms with E-state index in [0.717, 1.165) is 27.7 Å². The largest absolute Gasteiger partial charge is 1.00 e. The van der Waals surface area contributed by atoms with Crippen molar-refractivity contribution in [2.24, 2.45) is 0 Å². The fraction of sp³-hybridized carbons (Fsp3) is 0.400. The fourth-order valence-corrected chi connectivity index (χ4v) is 0. The summed E-state index contributed by atoms with van der Waals surface area (Å²) in [5.41, 5.74) is 0. The van der Waals surface area contributed by atoms with Crippen LogP contribution in [0, 0.1) is 0 Å². The molecule has 14 heteroatoms. The van der Waals surface area contributed by atoms with Gasteiger partial charge in [0, 0.05) is 27.7 Å². The van der Waals surface area contributed by atoms with Crippen LogP contribution in [0.4, 0.5) is 0 Å². The van der Waals surface area contributed by atoms with Gasteiger partial charge in [0.2, 0.25) is 0 Å². The molecule has 0 aromatic rings. The minimum Gasteiger partial charge on any atom is -1.00 e. The second-order valence-corrected chi connectivity index (χ2v) is 2.69. The number of hydrogen-bond acceptors (Lipinski definition) is 6. The summed E-state index contributed by atoms with van der Waals surface area (Å²) < 4.78 is 0. The van der Waals surface area contributed by atoms with Crippen LogP contribution in [0.2, 0.25) is 0 Å². The van der Waals surface area contributed by atoms with Gasteiger partial charge in [0.15, 0.2) is 0 Å². The molecule has 0 radical (unpaired) electrons. The van der Waals surface area contributed by atoms with Crippen molar-refractivity contribution < 1.29 is 121 Å². The third-order valence-electron chi connectivity index (χ3n) is 0.183. The van der Waals surface area contributed by atoms with E-state index in [1.54, 1.807) is 0 Å². The Bertz CT molecular complexity index is 314. The molecule has 24 heavy (non-hydrogen) atoms. The Morgan fingerprint density at radius 1 is 0.458 bits per heavy atom. The molecule has 0 saturated carbocycles. The SMILES string of the molecule is CC(=O)O.CC(=O)O.CC(=O)O.CC(=O)O.O=C(O)C(=O)O.[H-].[H-].[Na+].[Na+]. The molecule has 0 aromatic carbocycles. The van der Waals surface area contributed by atoms with E-state index in [2.05, 4.69) is 0 Å². The monoisotopic (exact) mass is 378 g/mol. The maximum absolute atomic E-state index is 9.10. The molecule has 0 aliphatic rings. The summed E-state index contributed by atoms with van der Waals surface area (Å²) in [6, 6.07) is 0. The number of carboxylic acids is 6. The molecule has 12 nitrogen and oxygen atoms in total. The van der Waals surface area contributed by atoms with Gasteiger partial charge in [-0.1, -0.05) is 0 Å². The molecule has 0 aliphatic carbocycles. The van der Waals surface area contributed by atoms with Crippen LogP contribution in [0.15, 0.2) is 0 Å². The normalized spacial score (nSPS) is 6.00. The first-order chi connectivity index (χ1) is 9.57. The maximum Gasteiger partial charge on any atom is 1.00 e. The van der Waals surface area contributed by atoms with Gasteiger partial charge in [0.25, 0.3) is 23.9 Å². The second kappa shape index (κ2) is 33.4. The van der Waals surface area contributed by atoms with Crippen molar-refractivity contribution in [3.63, 3.8) is 0 Å². The molecule has 0 unspecified atom stereocenters. The van der Waals surface area contributed by atoms with E-state index in [9.17, 15) is 0 Å². The van der Waals surface area contributed by atoms with Crippen molar-refractivity contribution >= 4 is 35.8 Å². The first-order valence-electron chi connectivity index (χ1n) is 4.82. The summed E-state index contributed by atoms with van der Waals surface area (Å²) in [7, 11) is 0. The molecule has 0 heterocycles. The Balaban J connectivity index is -0.0000000193. The molecule has 134 valence electrons. The van der Waals surface area contributed by atoms with Gasteiger partial charge in [-0.15, -0.1) is 0 Å². The average Bonchev–Trinajstić information content (AvgIpc) is 2.12. The van der Waals surface area contributed by atoms with Crippen molar-refractivity contribution in [3.05, 3.63) is 0 Å². The van der Waals surface area contributed by atoms with E-state index in [4.69, 9.17) is 59.4 Å². The third kappa shape index (κ3) is 1030. The van der Waals surface area contributed by atoms with Gasteiger partial charge in [0.1, 0.15) is 0 Å². The molecule has 0 spiro atoms. The molecule has 0 saturated heterocycles. The minimum absolute atomic E-state index is 0. The van der Waals surface area contributed by atoms with E-state index in [1.165, 1.54) is 0 Å². The minimum atomic E-state index is -1.82. The molecule has 0 amide bonds. The fourth-order valence-electron chi connectivity index (χ4n) is 0. The van der Waals surface area contributed by atoms with Crippen LogP contribution in [0.25, 0.3) is 0 Å². The zero-order chi connectivity index (χ0) is 19.5. The third-order valence-corrected chi connectivity index (χ3v) is 0.183. The average molecular weight is 378 g/mol. The Hall–Kier alpha value is -1.18. The summed E-state index contributed by atoms with van der Waals surface area (Å²) in [5.74, 6) is -6.98. The number of aliphatic carboxylic acids is 6. The number of carboxylic acid groups (broad SMARTS) is 6. The van der Waals surface area contributed by atoms with Crippen molar-refractivity contribution in [2.45, 2.75) is 27.7 Å². The van der Waals surface area contributed by atoms with Crippen LogP contribution < -0.4 is 59.1 Å². The van der Waals surface area contributed by atoms with Gasteiger partial charge < -0.3 is 33.5 Å². The Morgan fingerprint density at radius 3 is 0.500 bits per heavy atom. The number of rotatable bonds is 0. The van der Waals surface area contributed by atoms with E-state index >= 15 is 0 Å². The predicted octanol–water partition coefficient (Wildman–Crippen LogP) is -6.25. The molecule has 0 aromatic heterocycles. The standard InChI is InChI=1S/C2H2O4.4C2H4O2.2Na.2H/c3-1(4)2(5)6;4*1-2(3)4;;;;/h(H,3,4)(H,5,6);4*1H3,(H,3,4);;;;/q;;;;;2*+1;2*-1. The second-order valence-electron chi connectivity index (χ2n) is 2.69. The van der Waals surface area contributed by atoms with Crippen LogP contribution >= 0.6 is 0 Å². The van der Waals surface area contributed by atoms with Crippen LogP contribution in [0.3, 0.4) is 0 Å². The van der Waals surface area contributed by atoms with E-state index in [0.29, 0.717) is 0 Å². The smallest absolute Gasteiger partial charge is 1.00 e. The van der Waals surface area contributed by atoms with Crippen LogP contribution in [-0.2, 0) is 28.8 Å². The van der Waals surface area contributed by atoms with Crippen LogP contribution in [-0.4, -0.2) is 66.5 Å². The van der Waals surface area contributed by atoms with Crippen molar-refractivity contribution in [1.82, 2.24) is 0 Å².